The molecule has 0 saturated carbocycles. The van der Waals surface area contributed by atoms with Crippen LogP contribution in [0.25, 0.3) is 16.0 Å². The number of imidazole rings is 1. The molecule has 3 heterocycles. The molecule has 4 rings (SSSR count). The monoisotopic (exact) mass is 340 g/mol. The molecule has 0 spiro atoms. The lowest BCUT2D eigenvalue weighted by Crippen LogP contribution is -2.15. The lowest BCUT2D eigenvalue weighted by molar-refractivity contribution is 0.871. The van der Waals surface area contributed by atoms with Crippen LogP contribution in [0.5, 0.6) is 0 Å². The van der Waals surface area contributed by atoms with Crippen LogP contribution in [-0.2, 0) is 13.0 Å². The molecule has 0 aliphatic carbocycles. The van der Waals surface area contributed by atoms with Crippen molar-refractivity contribution in [1.82, 2.24) is 24.6 Å². The molecule has 2 N–H and O–H groups in total. The first-order valence-corrected chi connectivity index (χ1v) is 8.53. The lowest BCUT2D eigenvalue weighted by Gasteiger charge is -1.97. The molecule has 1 aromatic carbocycles. The first kappa shape index (κ1) is 14.8. The molecule has 0 radical (unpaired) electrons. The molecule has 0 aliphatic rings. The van der Waals surface area contributed by atoms with Crippen molar-refractivity contribution in [2.24, 2.45) is 0 Å². The molecule has 0 unspecified atom stereocenters. The third-order valence-corrected chi connectivity index (χ3v) is 4.70. The van der Waals surface area contributed by atoms with Crippen LogP contribution in [0.15, 0.2) is 29.1 Å². The summed E-state index contributed by atoms with van der Waals surface area (Å²) in [5, 5.41) is 8.13. The van der Waals surface area contributed by atoms with E-state index in [1.165, 1.54) is 21.9 Å². The fourth-order valence-electron chi connectivity index (χ4n) is 2.58. The third kappa shape index (κ3) is 2.54. The van der Waals surface area contributed by atoms with E-state index in [4.69, 9.17) is 0 Å². The van der Waals surface area contributed by atoms with E-state index in [9.17, 15) is 4.79 Å². The number of aromatic nitrogens is 5. The van der Waals surface area contributed by atoms with E-state index >= 15 is 0 Å². The molecule has 0 aliphatic heterocycles. The second kappa shape index (κ2) is 5.72. The number of rotatable bonds is 4. The van der Waals surface area contributed by atoms with Crippen LogP contribution < -0.4 is 10.9 Å². The Balaban J connectivity index is 1.60. The Morgan fingerprint density at radius 1 is 1.33 bits per heavy atom. The van der Waals surface area contributed by atoms with E-state index in [0.717, 1.165) is 34.5 Å². The van der Waals surface area contributed by atoms with E-state index in [0.29, 0.717) is 16.6 Å². The highest BCUT2D eigenvalue weighted by molar-refractivity contribution is 7.20. The number of aryl methyl sites for hydroxylation is 2. The van der Waals surface area contributed by atoms with Gasteiger partial charge in [0.1, 0.15) is 5.82 Å². The number of nitrogens with zero attached hydrogens (tertiary/aromatic N) is 4. The Morgan fingerprint density at radius 2 is 2.21 bits per heavy atom. The number of aromatic amines is 1. The van der Waals surface area contributed by atoms with Gasteiger partial charge in [0.15, 0.2) is 0 Å². The van der Waals surface area contributed by atoms with E-state index in [-0.39, 0.29) is 5.56 Å². The second-order valence-corrected chi connectivity index (χ2v) is 6.50. The molecule has 0 saturated heterocycles. The van der Waals surface area contributed by atoms with Crippen LogP contribution in [0.1, 0.15) is 24.0 Å². The zero-order chi connectivity index (χ0) is 16.7. The second-order valence-electron chi connectivity index (χ2n) is 5.55. The highest BCUT2D eigenvalue weighted by atomic mass is 32.1. The number of benzene rings is 1. The summed E-state index contributed by atoms with van der Waals surface area (Å²) < 4.78 is 1.33. The topological polar surface area (TPSA) is 88.0 Å². The Labute approximate surface area is 141 Å². The summed E-state index contributed by atoms with van der Waals surface area (Å²) in [5.74, 6) is 0.827. The van der Waals surface area contributed by atoms with Gasteiger partial charge in [-0.05, 0) is 25.0 Å². The zero-order valence-electron chi connectivity index (χ0n) is 13.3. The first-order valence-electron chi connectivity index (χ1n) is 7.72. The Kier molecular flexibility index (Phi) is 3.53. The number of hydrogen-bond acceptors (Lipinski definition) is 6. The molecule has 8 heteroatoms. The highest BCUT2D eigenvalue weighted by Crippen LogP contribution is 2.19. The van der Waals surface area contributed by atoms with Gasteiger partial charge in [-0.25, -0.2) is 9.97 Å². The normalized spacial score (nSPS) is 11.4. The van der Waals surface area contributed by atoms with Gasteiger partial charge < -0.3 is 10.3 Å². The first-order chi connectivity index (χ1) is 11.6. The Morgan fingerprint density at radius 3 is 3.00 bits per heavy atom. The number of anilines is 1. The van der Waals surface area contributed by atoms with Crippen molar-refractivity contribution in [2.75, 3.05) is 5.32 Å². The summed E-state index contributed by atoms with van der Waals surface area (Å²) in [4.78, 5) is 24.9. The minimum Gasteiger partial charge on any atom is -0.353 e. The van der Waals surface area contributed by atoms with Gasteiger partial charge in [0.25, 0.3) is 5.56 Å². The van der Waals surface area contributed by atoms with Crippen LogP contribution in [0.3, 0.4) is 0 Å². The van der Waals surface area contributed by atoms with E-state index < -0.39 is 0 Å². The van der Waals surface area contributed by atoms with Crippen LogP contribution in [0.2, 0.25) is 0 Å². The summed E-state index contributed by atoms with van der Waals surface area (Å²) in [6.07, 6.45) is 0.727. The molecule has 4 aromatic rings. The average Bonchev–Trinajstić information content (AvgIpc) is 3.17. The summed E-state index contributed by atoms with van der Waals surface area (Å²) in [6, 6.07) is 7.58. The van der Waals surface area contributed by atoms with Crippen molar-refractivity contribution >= 4 is 32.5 Å². The maximum atomic E-state index is 12.0. The van der Waals surface area contributed by atoms with Gasteiger partial charge in [-0.2, -0.15) is 4.52 Å². The van der Waals surface area contributed by atoms with Gasteiger partial charge in [-0.3, -0.25) is 4.79 Å². The average molecular weight is 340 g/mol. The van der Waals surface area contributed by atoms with Gasteiger partial charge in [-0.1, -0.05) is 30.4 Å². The van der Waals surface area contributed by atoms with Crippen LogP contribution in [0, 0.1) is 6.92 Å². The van der Waals surface area contributed by atoms with Gasteiger partial charge in [0, 0.05) is 11.8 Å². The predicted octanol–water partition coefficient (Wildman–Crippen LogP) is 2.51. The molecule has 0 atom stereocenters. The molecular weight excluding hydrogens is 324 g/mol. The maximum absolute atomic E-state index is 12.0. The van der Waals surface area contributed by atoms with Crippen LogP contribution in [-0.4, -0.2) is 24.6 Å². The number of nitrogens with one attached hydrogen (secondary N) is 2. The fraction of sp³-hybridized carbons (Fsp3) is 0.250. The third-order valence-electron chi connectivity index (χ3n) is 3.83. The SMILES string of the molecule is CCc1cc(=O)n2nc(NCc3nc4c(C)cccc4[nH]3)sc2n1. The largest absolute Gasteiger partial charge is 0.353 e. The van der Waals surface area contributed by atoms with Gasteiger partial charge in [0.2, 0.25) is 10.1 Å². The summed E-state index contributed by atoms with van der Waals surface area (Å²) in [5.41, 5.74) is 3.76. The molecule has 122 valence electrons. The predicted molar refractivity (Wildman–Crippen MR) is 94.7 cm³/mol. The number of fused-ring (bicyclic) bond motifs is 2. The summed E-state index contributed by atoms with van der Waals surface area (Å²) in [6.45, 7) is 4.52. The molecule has 0 amide bonds. The summed E-state index contributed by atoms with van der Waals surface area (Å²) >= 11 is 1.36. The number of para-hydroxylation sites is 1. The van der Waals surface area contributed by atoms with Crippen molar-refractivity contribution < 1.29 is 0 Å². The van der Waals surface area contributed by atoms with E-state index in [1.807, 2.05) is 32.0 Å². The smallest absolute Gasteiger partial charge is 0.275 e. The standard InChI is InChI=1S/C16H16N6OS/c1-3-10-7-13(23)22-16(18-10)24-15(21-22)17-8-12-19-11-6-4-5-9(2)14(11)20-12/h4-7H,3,8H2,1-2H3,(H,17,21)(H,19,20). The van der Waals surface area contributed by atoms with Crippen molar-refractivity contribution in [3.8, 4) is 0 Å². The van der Waals surface area contributed by atoms with E-state index in [1.54, 1.807) is 0 Å². The molecule has 24 heavy (non-hydrogen) atoms. The van der Waals surface area contributed by atoms with Gasteiger partial charge in [0.05, 0.1) is 17.6 Å². The molecule has 0 bridgehead atoms. The minimum atomic E-state index is -0.152. The summed E-state index contributed by atoms with van der Waals surface area (Å²) in [7, 11) is 0. The fourth-order valence-corrected chi connectivity index (χ4v) is 3.40. The van der Waals surface area contributed by atoms with Gasteiger partial charge >= 0.3 is 0 Å². The van der Waals surface area contributed by atoms with Crippen molar-refractivity contribution in [3.05, 3.63) is 51.7 Å². The van der Waals surface area contributed by atoms with E-state index in [2.05, 4.69) is 25.4 Å². The number of H-pyrrole nitrogens is 1. The Hall–Kier alpha value is -2.74. The van der Waals surface area contributed by atoms with Crippen LogP contribution >= 0.6 is 11.3 Å². The van der Waals surface area contributed by atoms with Gasteiger partial charge in [-0.15, -0.1) is 5.10 Å². The van der Waals surface area contributed by atoms with Crippen molar-refractivity contribution in [1.29, 1.82) is 0 Å². The highest BCUT2D eigenvalue weighted by Gasteiger charge is 2.09. The molecule has 7 nitrogen and oxygen atoms in total. The molecule has 0 fully saturated rings. The number of hydrogen-bond donors (Lipinski definition) is 2. The Bertz CT molecular complexity index is 1090. The maximum Gasteiger partial charge on any atom is 0.275 e. The zero-order valence-corrected chi connectivity index (χ0v) is 14.1. The minimum absolute atomic E-state index is 0.152. The molecular formula is C16H16N6OS. The van der Waals surface area contributed by atoms with Crippen molar-refractivity contribution in [3.63, 3.8) is 0 Å². The quantitative estimate of drug-likeness (QED) is 0.596. The molecule has 3 aromatic heterocycles. The lowest BCUT2D eigenvalue weighted by atomic mass is 10.2. The van der Waals surface area contributed by atoms with Crippen LogP contribution in [0.4, 0.5) is 5.13 Å². The van der Waals surface area contributed by atoms with Crippen molar-refractivity contribution in [2.45, 2.75) is 26.8 Å².